The first-order valence-electron chi connectivity index (χ1n) is 6.59. The number of hydrogen-bond donors (Lipinski definition) is 1. The van der Waals surface area contributed by atoms with Crippen molar-refractivity contribution in [2.45, 2.75) is 19.0 Å². The smallest absolute Gasteiger partial charge is 0.247 e. The molecule has 2 N–H and O–H groups in total. The fourth-order valence-electron chi connectivity index (χ4n) is 2.55. The van der Waals surface area contributed by atoms with Crippen LogP contribution in [0, 0.1) is 6.92 Å². The Labute approximate surface area is 133 Å². The number of hydrogen-bond acceptors (Lipinski definition) is 2. The summed E-state index contributed by atoms with van der Waals surface area (Å²) in [5.74, 6) is -0.112. The number of carbonyl (C=O) groups is 1. The van der Waals surface area contributed by atoms with Gasteiger partial charge >= 0.3 is 0 Å². The van der Waals surface area contributed by atoms with Crippen LogP contribution in [0.2, 0.25) is 10.0 Å². The molecule has 0 unspecified atom stereocenters. The first kappa shape index (κ1) is 14.4. The van der Waals surface area contributed by atoms with Crippen molar-refractivity contribution in [3.8, 4) is 0 Å². The summed E-state index contributed by atoms with van der Waals surface area (Å²) < 4.78 is 0. The summed E-state index contributed by atoms with van der Waals surface area (Å²) in [7, 11) is 0. The van der Waals surface area contributed by atoms with E-state index in [-0.39, 0.29) is 11.9 Å². The molecule has 0 aromatic heterocycles. The van der Waals surface area contributed by atoms with Gasteiger partial charge in [-0.3, -0.25) is 4.79 Å². The molecule has 1 saturated heterocycles. The number of nitrogens with two attached hydrogens (primary N) is 1. The summed E-state index contributed by atoms with van der Waals surface area (Å²) >= 11 is 12.0. The van der Waals surface area contributed by atoms with Gasteiger partial charge in [-0.15, -0.1) is 0 Å². The van der Waals surface area contributed by atoms with Gasteiger partial charge in [-0.05, 0) is 30.7 Å². The summed E-state index contributed by atoms with van der Waals surface area (Å²) in [6.07, 6.45) is 0. The average Bonchev–Trinajstić information content (AvgIpc) is 2.48. The van der Waals surface area contributed by atoms with Gasteiger partial charge in [0.05, 0.1) is 16.1 Å². The Hall–Kier alpha value is -1.55. The van der Waals surface area contributed by atoms with Crippen LogP contribution in [0.4, 0.5) is 5.69 Å². The van der Waals surface area contributed by atoms with E-state index in [1.54, 1.807) is 23.1 Å². The molecule has 3 rings (SSSR count). The Morgan fingerprint density at radius 1 is 1.05 bits per heavy atom. The van der Waals surface area contributed by atoms with Crippen molar-refractivity contribution in [1.29, 1.82) is 0 Å². The fraction of sp³-hybridized carbons (Fsp3) is 0.188. The standard InChI is InChI=1S/C16H14Cl2N2O/c1-9-2-4-10(5-3-9)15-14(19)16(21)20(15)11-6-7-12(17)13(18)8-11/h2-8,14-15H,19H2,1H3/t14-,15-/m1/s1. The number of aryl methyl sites for hydroxylation is 1. The van der Waals surface area contributed by atoms with Crippen LogP contribution in [0.5, 0.6) is 0 Å². The van der Waals surface area contributed by atoms with Crippen molar-refractivity contribution in [2.75, 3.05) is 4.90 Å². The lowest BCUT2D eigenvalue weighted by Gasteiger charge is -2.45. The van der Waals surface area contributed by atoms with Crippen molar-refractivity contribution < 1.29 is 4.79 Å². The number of benzene rings is 2. The molecule has 5 heteroatoms. The quantitative estimate of drug-likeness (QED) is 0.857. The highest BCUT2D eigenvalue weighted by molar-refractivity contribution is 6.42. The lowest BCUT2D eigenvalue weighted by Crippen LogP contribution is -2.63. The van der Waals surface area contributed by atoms with E-state index >= 15 is 0 Å². The maximum Gasteiger partial charge on any atom is 0.247 e. The monoisotopic (exact) mass is 320 g/mol. The molecule has 1 heterocycles. The van der Waals surface area contributed by atoms with Crippen molar-refractivity contribution >= 4 is 34.8 Å². The third-order valence-corrected chi connectivity index (χ3v) is 4.48. The van der Waals surface area contributed by atoms with Gasteiger partial charge in [0.25, 0.3) is 0 Å². The van der Waals surface area contributed by atoms with Crippen LogP contribution >= 0.6 is 23.2 Å². The molecule has 2 aromatic rings. The van der Waals surface area contributed by atoms with E-state index in [9.17, 15) is 4.79 Å². The van der Waals surface area contributed by atoms with Gasteiger partial charge in [-0.1, -0.05) is 53.0 Å². The van der Waals surface area contributed by atoms with Crippen LogP contribution in [-0.4, -0.2) is 11.9 Å². The van der Waals surface area contributed by atoms with Gasteiger partial charge in [0, 0.05) is 5.69 Å². The first-order chi connectivity index (χ1) is 9.99. The van der Waals surface area contributed by atoms with Crippen LogP contribution in [0.3, 0.4) is 0 Å². The number of amides is 1. The second-order valence-corrected chi connectivity index (χ2v) is 6.00. The normalized spacial score (nSPS) is 21.3. The van der Waals surface area contributed by atoms with E-state index in [0.29, 0.717) is 15.7 Å². The number of rotatable bonds is 2. The molecule has 0 radical (unpaired) electrons. The summed E-state index contributed by atoms with van der Waals surface area (Å²) in [5, 5.41) is 0.884. The van der Waals surface area contributed by atoms with E-state index in [0.717, 1.165) is 5.56 Å². The lowest BCUT2D eigenvalue weighted by molar-refractivity contribution is -0.126. The maximum absolute atomic E-state index is 12.1. The molecule has 1 aliphatic rings. The van der Waals surface area contributed by atoms with Gasteiger partial charge < -0.3 is 10.6 Å². The van der Waals surface area contributed by atoms with E-state index in [4.69, 9.17) is 28.9 Å². The molecule has 0 aliphatic carbocycles. The van der Waals surface area contributed by atoms with Gasteiger partial charge in [-0.25, -0.2) is 0 Å². The highest BCUT2D eigenvalue weighted by Crippen LogP contribution is 2.40. The van der Waals surface area contributed by atoms with Crippen molar-refractivity contribution in [3.05, 3.63) is 63.6 Å². The van der Waals surface area contributed by atoms with E-state index in [1.165, 1.54) is 5.56 Å². The summed E-state index contributed by atoms with van der Waals surface area (Å²) in [5.41, 5.74) is 8.87. The number of nitrogens with zero attached hydrogens (tertiary/aromatic N) is 1. The highest BCUT2D eigenvalue weighted by Gasteiger charge is 2.46. The zero-order chi connectivity index (χ0) is 15.1. The third kappa shape index (κ3) is 2.42. The number of anilines is 1. The maximum atomic E-state index is 12.1. The number of carbonyl (C=O) groups excluding carboxylic acids is 1. The zero-order valence-corrected chi connectivity index (χ0v) is 12.9. The molecule has 0 saturated carbocycles. The molecule has 0 bridgehead atoms. The number of β-lactam (4-membered cyclic amide) rings is 1. The first-order valence-corrected chi connectivity index (χ1v) is 7.35. The average molecular weight is 321 g/mol. The summed E-state index contributed by atoms with van der Waals surface area (Å²) in [4.78, 5) is 13.8. The minimum Gasteiger partial charge on any atom is -0.318 e. The van der Waals surface area contributed by atoms with Crippen molar-refractivity contribution in [1.82, 2.24) is 0 Å². The Morgan fingerprint density at radius 3 is 2.33 bits per heavy atom. The molecule has 1 aliphatic heterocycles. The molecule has 3 nitrogen and oxygen atoms in total. The molecule has 1 amide bonds. The topological polar surface area (TPSA) is 46.3 Å². The Morgan fingerprint density at radius 2 is 1.71 bits per heavy atom. The Bertz CT molecular complexity index is 700. The fourth-order valence-corrected chi connectivity index (χ4v) is 2.85. The van der Waals surface area contributed by atoms with Crippen LogP contribution < -0.4 is 10.6 Å². The molecular weight excluding hydrogens is 307 g/mol. The Kier molecular flexibility index (Phi) is 3.66. The molecule has 2 atom stereocenters. The summed E-state index contributed by atoms with van der Waals surface area (Å²) in [6, 6.07) is 12.5. The summed E-state index contributed by atoms with van der Waals surface area (Å²) in [6.45, 7) is 2.02. The highest BCUT2D eigenvalue weighted by atomic mass is 35.5. The zero-order valence-electron chi connectivity index (χ0n) is 11.4. The van der Waals surface area contributed by atoms with Crippen LogP contribution in [0.1, 0.15) is 17.2 Å². The molecular formula is C16H14Cl2N2O. The predicted molar refractivity (Wildman–Crippen MR) is 85.8 cm³/mol. The SMILES string of the molecule is Cc1ccc([C@@H]2[C@@H](N)C(=O)N2c2ccc(Cl)c(Cl)c2)cc1. The third-order valence-electron chi connectivity index (χ3n) is 3.74. The van der Waals surface area contributed by atoms with Crippen LogP contribution in [0.15, 0.2) is 42.5 Å². The van der Waals surface area contributed by atoms with Crippen LogP contribution in [-0.2, 0) is 4.79 Å². The van der Waals surface area contributed by atoms with E-state index in [2.05, 4.69) is 0 Å². The minimum atomic E-state index is -0.526. The van der Waals surface area contributed by atoms with Gasteiger partial charge in [0.2, 0.25) is 5.91 Å². The lowest BCUT2D eigenvalue weighted by atomic mass is 9.88. The molecule has 21 heavy (non-hydrogen) atoms. The second kappa shape index (κ2) is 5.34. The van der Waals surface area contributed by atoms with Gasteiger partial charge in [-0.2, -0.15) is 0 Å². The van der Waals surface area contributed by atoms with E-state index in [1.807, 2.05) is 31.2 Å². The van der Waals surface area contributed by atoms with Crippen LogP contribution in [0.25, 0.3) is 0 Å². The molecule has 108 valence electrons. The van der Waals surface area contributed by atoms with Gasteiger partial charge in [0.15, 0.2) is 0 Å². The van der Waals surface area contributed by atoms with Crippen molar-refractivity contribution in [3.63, 3.8) is 0 Å². The molecule has 2 aromatic carbocycles. The van der Waals surface area contributed by atoms with E-state index < -0.39 is 6.04 Å². The molecule has 1 fully saturated rings. The van der Waals surface area contributed by atoms with Gasteiger partial charge in [0.1, 0.15) is 6.04 Å². The Balaban J connectivity index is 1.98. The van der Waals surface area contributed by atoms with Crippen molar-refractivity contribution in [2.24, 2.45) is 5.73 Å². The predicted octanol–water partition coefficient (Wildman–Crippen LogP) is 3.72. The largest absolute Gasteiger partial charge is 0.318 e. The minimum absolute atomic E-state index is 0.112. The molecule has 0 spiro atoms. The number of halogens is 2. The second-order valence-electron chi connectivity index (χ2n) is 5.19.